The average molecular weight is 480 g/mol. The summed E-state index contributed by atoms with van der Waals surface area (Å²) in [5.74, 6) is 0.821. The van der Waals surface area contributed by atoms with Gasteiger partial charge in [-0.1, -0.05) is 59.6 Å². The Morgan fingerprint density at radius 2 is 1.76 bits per heavy atom. The predicted octanol–water partition coefficient (Wildman–Crippen LogP) is 6.47. The number of nitrogens with zero attached hydrogens (tertiary/aromatic N) is 1. The molecule has 1 aliphatic rings. The first kappa shape index (κ1) is 23.0. The Morgan fingerprint density at radius 3 is 2.48 bits per heavy atom. The summed E-state index contributed by atoms with van der Waals surface area (Å²) in [6.07, 6.45) is 1.69. The lowest BCUT2D eigenvalue weighted by Gasteiger charge is -2.13. The number of hydrogen-bond acceptors (Lipinski definition) is 5. The number of amides is 2. The van der Waals surface area contributed by atoms with Gasteiger partial charge in [0.05, 0.1) is 18.6 Å². The van der Waals surface area contributed by atoms with Gasteiger partial charge in [0.2, 0.25) is 0 Å². The number of imide groups is 1. The van der Waals surface area contributed by atoms with Crippen molar-refractivity contribution in [1.82, 2.24) is 4.90 Å². The van der Waals surface area contributed by atoms with Crippen molar-refractivity contribution in [2.45, 2.75) is 20.1 Å². The molecule has 1 aliphatic heterocycles. The van der Waals surface area contributed by atoms with E-state index in [9.17, 15) is 9.59 Å². The van der Waals surface area contributed by atoms with Crippen LogP contribution in [0.5, 0.6) is 11.5 Å². The summed E-state index contributed by atoms with van der Waals surface area (Å²) in [7, 11) is 1.57. The molecule has 0 spiro atoms. The molecule has 3 aromatic rings. The van der Waals surface area contributed by atoms with E-state index in [1.165, 1.54) is 10.5 Å². The fraction of sp³-hybridized carbons (Fsp3) is 0.154. The van der Waals surface area contributed by atoms with Gasteiger partial charge in [-0.05, 0) is 65.7 Å². The maximum Gasteiger partial charge on any atom is 0.293 e. The summed E-state index contributed by atoms with van der Waals surface area (Å²) in [6.45, 7) is 2.63. The lowest BCUT2D eigenvalue weighted by Crippen LogP contribution is -2.27. The van der Waals surface area contributed by atoms with E-state index in [2.05, 4.69) is 0 Å². The van der Waals surface area contributed by atoms with Crippen LogP contribution in [0.3, 0.4) is 0 Å². The van der Waals surface area contributed by atoms with Crippen molar-refractivity contribution in [2.24, 2.45) is 0 Å². The number of ether oxygens (including phenoxy) is 2. The van der Waals surface area contributed by atoms with Crippen LogP contribution >= 0.6 is 23.4 Å². The topological polar surface area (TPSA) is 55.8 Å². The summed E-state index contributed by atoms with van der Waals surface area (Å²) >= 11 is 6.94. The molecule has 0 aliphatic carbocycles. The molecule has 0 N–H and O–H groups in total. The third-order valence-corrected chi connectivity index (χ3v) is 6.25. The smallest absolute Gasteiger partial charge is 0.293 e. The molecule has 1 heterocycles. The fourth-order valence-electron chi connectivity index (χ4n) is 3.34. The van der Waals surface area contributed by atoms with Crippen molar-refractivity contribution in [2.75, 3.05) is 7.11 Å². The standard InChI is InChI=1S/C26H22ClNO4S/c1-17-6-8-18(9-7-17)16-32-22-11-10-19(13-23(22)31-2)14-24-25(29)28(26(30)33-24)15-20-4-3-5-21(27)12-20/h3-14H,15-16H2,1-2H3/b24-14-. The number of benzene rings is 3. The number of hydrogen-bond donors (Lipinski definition) is 0. The number of methoxy groups -OCH3 is 1. The summed E-state index contributed by atoms with van der Waals surface area (Å²) in [6, 6.07) is 20.7. The van der Waals surface area contributed by atoms with Crippen molar-refractivity contribution in [3.05, 3.63) is 98.9 Å². The molecule has 7 heteroatoms. The van der Waals surface area contributed by atoms with Gasteiger partial charge < -0.3 is 9.47 Å². The normalized spacial score (nSPS) is 14.8. The Hall–Kier alpha value is -3.22. The van der Waals surface area contributed by atoms with Crippen LogP contribution in [-0.4, -0.2) is 23.2 Å². The van der Waals surface area contributed by atoms with Crippen molar-refractivity contribution in [1.29, 1.82) is 0 Å². The largest absolute Gasteiger partial charge is 0.493 e. The van der Waals surface area contributed by atoms with Crippen LogP contribution in [0.4, 0.5) is 4.79 Å². The highest BCUT2D eigenvalue weighted by atomic mass is 35.5. The van der Waals surface area contributed by atoms with Crippen LogP contribution < -0.4 is 9.47 Å². The van der Waals surface area contributed by atoms with Gasteiger partial charge in [-0.15, -0.1) is 0 Å². The van der Waals surface area contributed by atoms with Gasteiger partial charge in [0.1, 0.15) is 6.61 Å². The van der Waals surface area contributed by atoms with Crippen LogP contribution in [0.25, 0.3) is 6.08 Å². The Balaban J connectivity index is 1.48. The summed E-state index contributed by atoms with van der Waals surface area (Å²) in [5.41, 5.74) is 3.78. The Kier molecular flexibility index (Phi) is 7.06. The Bertz CT molecular complexity index is 1220. The van der Waals surface area contributed by atoms with Crippen molar-refractivity contribution < 1.29 is 19.1 Å². The third-order valence-electron chi connectivity index (χ3n) is 5.10. The Labute approximate surface area is 202 Å². The second-order valence-corrected chi connectivity index (χ2v) is 9.01. The zero-order valence-corrected chi connectivity index (χ0v) is 19.8. The number of carbonyl (C=O) groups is 2. The van der Waals surface area contributed by atoms with Gasteiger partial charge in [0, 0.05) is 5.02 Å². The number of thioether (sulfide) groups is 1. The van der Waals surface area contributed by atoms with Gasteiger partial charge in [-0.2, -0.15) is 0 Å². The molecule has 1 fully saturated rings. The maximum atomic E-state index is 12.8. The molecule has 33 heavy (non-hydrogen) atoms. The molecular formula is C26H22ClNO4S. The highest BCUT2D eigenvalue weighted by molar-refractivity contribution is 8.18. The second-order valence-electron chi connectivity index (χ2n) is 7.58. The van der Waals surface area contributed by atoms with E-state index in [0.29, 0.717) is 28.0 Å². The van der Waals surface area contributed by atoms with Crippen LogP contribution in [0, 0.1) is 6.92 Å². The monoisotopic (exact) mass is 479 g/mol. The zero-order chi connectivity index (χ0) is 23.4. The highest BCUT2D eigenvalue weighted by Crippen LogP contribution is 2.35. The zero-order valence-electron chi connectivity index (χ0n) is 18.2. The first-order valence-electron chi connectivity index (χ1n) is 10.3. The van der Waals surface area contributed by atoms with Crippen molar-refractivity contribution >= 4 is 40.6 Å². The third kappa shape index (κ3) is 5.59. The van der Waals surface area contributed by atoms with Crippen LogP contribution in [-0.2, 0) is 17.9 Å². The van der Waals surface area contributed by atoms with Gasteiger partial charge in [0.25, 0.3) is 11.1 Å². The fourth-order valence-corrected chi connectivity index (χ4v) is 4.40. The first-order chi connectivity index (χ1) is 15.9. The SMILES string of the molecule is COc1cc(/C=C2\SC(=O)N(Cc3cccc(Cl)c3)C2=O)ccc1OCc1ccc(C)cc1. The molecule has 3 aromatic carbocycles. The minimum Gasteiger partial charge on any atom is -0.493 e. The lowest BCUT2D eigenvalue weighted by molar-refractivity contribution is -0.123. The highest BCUT2D eigenvalue weighted by Gasteiger charge is 2.35. The molecule has 0 saturated carbocycles. The number of carbonyl (C=O) groups excluding carboxylic acids is 2. The molecule has 1 saturated heterocycles. The summed E-state index contributed by atoms with van der Waals surface area (Å²) < 4.78 is 11.4. The van der Waals surface area contributed by atoms with Crippen molar-refractivity contribution in [3.8, 4) is 11.5 Å². The number of rotatable bonds is 7. The number of halogens is 1. The summed E-state index contributed by atoms with van der Waals surface area (Å²) in [5, 5.41) is 0.253. The van der Waals surface area contributed by atoms with Crippen molar-refractivity contribution in [3.63, 3.8) is 0 Å². The van der Waals surface area contributed by atoms with E-state index in [0.717, 1.165) is 28.5 Å². The predicted molar refractivity (Wildman–Crippen MR) is 131 cm³/mol. The van der Waals surface area contributed by atoms with E-state index in [1.54, 1.807) is 43.5 Å². The molecule has 168 valence electrons. The van der Waals surface area contributed by atoms with Gasteiger partial charge in [-0.3, -0.25) is 14.5 Å². The van der Waals surface area contributed by atoms with E-state index >= 15 is 0 Å². The molecule has 2 amide bonds. The van der Waals surface area contributed by atoms with Gasteiger partial charge in [-0.25, -0.2) is 0 Å². The Morgan fingerprint density at radius 1 is 0.970 bits per heavy atom. The maximum absolute atomic E-state index is 12.8. The minimum absolute atomic E-state index is 0.178. The molecular weight excluding hydrogens is 458 g/mol. The quantitative estimate of drug-likeness (QED) is 0.363. The molecule has 0 atom stereocenters. The average Bonchev–Trinajstić information content (AvgIpc) is 3.06. The molecule has 0 aromatic heterocycles. The molecule has 0 bridgehead atoms. The lowest BCUT2D eigenvalue weighted by atomic mass is 10.1. The van der Waals surface area contributed by atoms with Crippen LogP contribution in [0.1, 0.15) is 22.3 Å². The van der Waals surface area contributed by atoms with E-state index < -0.39 is 0 Å². The van der Waals surface area contributed by atoms with E-state index in [4.69, 9.17) is 21.1 Å². The molecule has 4 rings (SSSR count). The van der Waals surface area contributed by atoms with E-state index in [1.807, 2.05) is 43.3 Å². The molecule has 5 nitrogen and oxygen atoms in total. The second kappa shape index (κ2) is 10.1. The van der Waals surface area contributed by atoms with E-state index in [-0.39, 0.29) is 17.7 Å². The van der Waals surface area contributed by atoms with Crippen LogP contribution in [0.15, 0.2) is 71.6 Å². The van der Waals surface area contributed by atoms with Crippen LogP contribution in [0.2, 0.25) is 5.02 Å². The molecule has 0 radical (unpaired) electrons. The van der Waals surface area contributed by atoms with Gasteiger partial charge in [0.15, 0.2) is 11.5 Å². The summed E-state index contributed by atoms with van der Waals surface area (Å²) in [4.78, 5) is 26.9. The number of aryl methyl sites for hydroxylation is 1. The first-order valence-corrected chi connectivity index (χ1v) is 11.5. The van der Waals surface area contributed by atoms with Gasteiger partial charge >= 0.3 is 0 Å². The minimum atomic E-state index is -0.330. The molecule has 0 unspecified atom stereocenters.